The van der Waals surface area contributed by atoms with E-state index in [1.165, 1.54) is 0 Å². The summed E-state index contributed by atoms with van der Waals surface area (Å²) in [6, 6.07) is 9.46. The minimum Gasteiger partial charge on any atom is -0.337 e. The summed E-state index contributed by atoms with van der Waals surface area (Å²) in [4.78, 5) is 8.36. The first-order chi connectivity index (χ1) is 10.7. The maximum Gasteiger partial charge on any atom is 0.178 e. The number of H-pyrrole nitrogens is 1. The molecular formula is C15H9Cl2N5. The van der Waals surface area contributed by atoms with Crippen LogP contribution < -0.4 is 5.32 Å². The maximum atomic E-state index is 6.19. The third kappa shape index (κ3) is 2.15. The summed E-state index contributed by atoms with van der Waals surface area (Å²) in [5.74, 6) is 0.659. The number of hydrogen-bond donors (Lipinski definition) is 2. The molecule has 2 N–H and O–H groups in total. The first-order valence-electron chi connectivity index (χ1n) is 6.52. The van der Waals surface area contributed by atoms with E-state index in [2.05, 4.69) is 25.5 Å². The third-order valence-electron chi connectivity index (χ3n) is 3.37. The molecule has 0 aliphatic heterocycles. The van der Waals surface area contributed by atoms with Crippen molar-refractivity contribution in [2.45, 2.75) is 0 Å². The lowest BCUT2D eigenvalue weighted by molar-refractivity contribution is 1.12. The number of fused-ring (bicyclic) bond motifs is 2. The predicted octanol–water partition coefficient (Wildman–Crippen LogP) is 4.56. The first kappa shape index (κ1) is 13.3. The molecule has 0 spiro atoms. The van der Waals surface area contributed by atoms with Gasteiger partial charge in [0, 0.05) is 28.9 Å². The van der Waals surface area contributed by atoms with Crippen molar-refractivity contribution in [2.75, 3.05) is 5.32 Å². The first-order valence-corrected chi connectivity index (χ1v) is 7.28. The maximum absolute atomic E-state index is 6.19. The molecule has 4 aromatic rings. The Bertz CT molecular complexity index is 996. The van der Waals surface area contributed by atoms with Gasteiger partial charge in [-0.2, -0.15) is 5.10 Å². The van der Waals surface area contributed by atoms with Crippen LogP contribution in [0.15, 0.2) is 42.7 Å². The molecule has 0 saturated carbocycles. The molecule has 0 unspecified atom stereocenters. The predicted molar refractivity (Wildman–Crippen MR) is 88.9 cm³/mol. The van der Waals surface area contributed by atoms with Crippen molar-refractivity contribution in [2.24, 2.45) is 0 Å². The summed E-state index contributed by atoms with van der Waals surface area (Å²) < 4.78 is 0. The Hall–Kier alpha value is -2.37. The van der Waals surface area contributed by atoms with Gasteiger partial charge in [-0.05, 0) is 30.3 Å². The number of hydrogen-bond acceptors (Lipinski definition) is 4. The molecule has 108 valence electrons. The van der Waals surface area contributed by atoms with Gasteiger partial charge in [0.15, 0.2) is 5.82 Å². The second kappa shape index (κ2) is 5.12. The number of anilines is 2. The van der Waals surface area contributed by atoms with Crippen molar-refractivity contribution < 1.29 is 0 Å². The zero-order chi connectivity index (χ0) is 15.1. The van der Waals surface area contributed by atoms with Gasteiger partial charge < -0.3 is 5.32 Å². The van der Waals surface area contributed by atoms with E-state index in [1.807, 2.05) is 30.3 Å². The zero-order valence-electron chi connectivity index (χ0n) is 11.1. The molecule has 0 amide bonds. The summed E-state index contributed by atoms with van der Waals surface area (Å²) in [5.41, 5.74) is 2.49. The molecule has 3 heterocycles. The van der Waals surface area contributed by atoms with Gasteiger partial charge in [0.05, 0.1) is 10.5 Å². The van der Waals surface area contributed by atoms with Gasteiger partial charge in [-0.25, -0.2) is 4.98 Å². The molecule has 1 aromatic carbocycles. The van der Waals surface area contributed by atoms with Crippen LogP contribution in [0.5, 0.6) is 0 Å². The molecule has 0 aliphatic carbocycles. The fourth-order valence-corrected chi connectivity index (χ4v) is 2.75. The summed E-state index contributed by atoms with van der Waals surface area (Å²) in [7, 11) is 0. The van der Waals surface area contributed by atoms with E-state index < -0.39 is 0 Å². The van der Waals surface area contributed by atoms with Gasteiger partial charge in [-0.15, -0.1) is 0 Å². The number of benzene rings is 1. The van der Waals surface area contributed by atoms with Gasteiger partial charge in [0.25, 0.3) is 0 Å². The Morgan fingerprint density at radius 3 is 2.86 bits per heavy atom. The number of aromatic nitrogens is 4. The lowest BCUT2D eigenvalue weighted by Gasteiger charge is -2.07. The van der Waals surface area contributed by atoms with Gasteiger partial charge in [-0.3, -0.25) is 10.1 Å². The fourth-order valence-electron chi connectivity index (χ4n) is 2.33. The van der Waals surface area contributed by atoms with Crippen molar-refractivity contribution in [3.63, 3.8) is 0 Å². The monoisotopic (exact) mass is 329 g/mol. The zero-order valence-corrected chi connectivity index (χ0v) is 12.7. The van der Waals surface area contributed by atoms with Crippen LogP contribution in [0, 0.1) is 0 Å². The van der Waals surface area contributed by atoms with E-state index in [4.69, 9.17) is 23.2 Å². The van der Waals surface area contributed by atoms with E-state index in [9.17, 15) is 0 Å². The second-order valence-corrected chi connectivity index (χ2v) is 5.52. The lowest BCUT2D eigenvalue weighted by Crippen LogP contribution is -1.92. The van der Waals surface area contributed by atoms with Crippen LogP contribution in [-0.4, -0.2) is 20.2 Å². The topological polar surface area (TPSA) is 66.5 Å². The van der Waals surface area contributed by atoms with Crippen LogP contribution in [0.2, 0.25) is 10.2 Å². The highest BCUT2D eigenvalue weighted by atomic mass is 35.5. The standard InChI is InChI=1S/C15H9Cl2N5/c16-11-7-19-14(17)9-4-3-8(6-10(9)11)20-15-13-12(21-22-15)2-1-5-18-13/h1-7H,(H2,20,21,22). The number of halogens is 2. The van der Waals surface area contributed by atoms with E-state index in [0.717, 1.165) is 27.5 Å². The quantitative estimate of drug-likeness (QED) is 0.529. The summed E-state index contributed by atoms with van der Waals surface area (Å²) in [6.07, 6.45) is 3.27. The smallest absolute Gasteiger partial charge is 0.178 e. The van der Waals surface area contributed by atoms with Crippen LogP contribution in [0.4, 0.5) is 11.5 Å². The Kier molecular flexibility index (Phi) is 3.10. The minimum absolute atomic E-state index is 0.429. The molecule has 7 heteroatoms. The molecule has 0 atom stereocenters. The van der Waals surface area contributed by atoms with Crippen LogP contribution in [0.3, 0.4) is 0 Å². The Morgan fingerprint density at radius 2 is 1.95 bits per heavy atom. The molecular weight excluding hydrogens is 321 g/mol. The minimum atomic E-state index is 0.429. The van der Waals surface area contributed by atoms with Gasteiger partial charge in [-0.1, -0.05) is 23.2 Å². The summed E-state index contributed by atoms with van der Waals surface area (Å²) >= 11 is 12.3. The summed E-state index contributed by atoms with van der Waals surface area (Å²) in [5, 5.41) is 13.0. The molecule has 5 nitrogen and oxygen atoms in total. The number of pyridine rings is 2. The van der Waals surface area contributed by atoms with Crippen molar-refractivity contribution in [3.05, 3.63) is 52.9 Å². The largest absolute Gasteiger partial charge is 0.337 e. The number of aromatic amines is 1. The second-order valence-electron chi connectivity index (χ2n) is 4.75. The molecule has 0 aliphatic rings. The number of nitrogens with zero attached hydrogens (tertiary/aromatic N) is 3. The van der Waals surface area contributed by atoms with Gasteiger partial charge >= 0.3 is 0 Å². The van der Waals surface area contributed by atoms with E-state index in [0.29, 0.717) is 16.0 Å². The molecule has 0 fully saturated rings. The van der Waals surface area contributed by atoms with Crippen molar-refractivity contribution in [3.8, 4) is 0 Å². The Balaban J connectivity index is 1.80. The molecule has 0 saturated heterocycles. The SMILES string of the molecule is Clc1cnc(Cl)c2ccc(Nc3n[nH]c4cccnc34)cc12. The molecule has 4 rings (SSSR count). The highest BCUT2D eigenvalue weighted by Gasteiger charge is 2.09. The van der Waals surface area contributed by atoms with E-state index >= 15 is 0 Å². The van der Waals surface area contributed by atoms with Crippen LogP contribution in [0.1, 0.15) is 0 Å². The lowest BCUT2D eigenvalue weighted by atomic mass is 10.1. The van der Waals surface area contributed by atoms with Crippen LogP contribution in [0.25, 0.3) is 21.8 Å². The Labute approximate surface area is 135 Å². The average Bonchev–Trinajstić information content (AvgIpc) is 2.94. The highest BCUT2D eigenvalue weighted by Crippen LogP contribution is 2.31. The Morgan fingerprint density at radius 1 is 1.05 bits per heavy atom. The van der Waals surface area contributed by atoms with Crippen LogP contribution >= 0.6 is 23.2 Å². The molecule has 22 heavy (non-hydrogen) atoms. The average molecular weight is 330 g/mol. The molecule has 0 bridgehead atoms. The number of rotatable bonds is 2. The van der Waals surface area contributed by atoms with E-state index in [-0.39, 0.29) is 0 Å². The normalized spacial score (nSPS) is 11.2. The van der Waals surface area contributed by atoms with E-state index in [1.54, 1.807) is 12.4 Å². The fraction of sp³-hybridized carbons (Fsp3) is 0. The van der Waals surface area contributed by atoms with Gasteiger partial charge in [0.1, 0.15) is 10.7 Å². The van der Waals surface area contributed by atoms with Crippen molar-refractivity contribution >= 4 is 56.5 Å². The van der Waals surface area contributed by atoms with Crippen molar-refractivity contribution in [1.29, 1.82) is 0 Å². The van der Waals surface area contributed by atoms with Crippen LogP contribution in [-0.2, 0) is 0 Å². The van der Waals surface area contributed by atoms with Crippen molar-refractivity contribution in [1.82, 2.24) is 20.2 Å². The summed E-state index contributed by atoms with van der Waals surface area (Å²) in [6.45, 7) is 0. The third-order valence-corrected chi connectivity index (χ3v) is 3.98. The molecule has 0 radical (unpaired) electrons. The number of nitrogens with one attached hydrogen (secondary N) is 2. The highest BCUT2D eigenvalue weighted by molar-refractivity contribution is 6.39. The molecule has 3 aromatic heterocycles. The van der Waals surface area contributed by atoms with Gasteiger partial charge in [0.2, 0.25) is 0 Å².